The molecule has 0 radical (unpaired) electrons. The molecule has 3 rings (SSSR count). The SMILES string of the molecule is CCS(=O)(=O)c1cccc(NC(=O)c2ccc(SCc3cccnc3)cc2)c1. The maximum atomic E-state index is 12.5. The van der Waals surface area contributed by atoms with E-state index in [4.69, 9.17) is 0 Å². The highest BCUT2D eigenvalue weighted by atomic mass is 32.2. The summed E-state index contributed by atoms with van der Waals surface area (Å²) in [5, 5.41) is 2.75. The summed E-state index contributed by atoms with van der Waals surface area (Å²) in [4.78, 5) is 17.8. The van der Waals surface area contributed by atoms with Crippen molar-refractivity contribution in [2.24, 2.45) is 0 Å². The fraction of sp³-hybridized carbons (Fsp3) is 0.143. The Morgan fingerprint density at radius 1 is 1.07 bits per heavy atom. The van der Waals surface area contributed by atoms with Gasteiger partial charge in [-0.2, -0.15) is 0 Å². The first-order chi connectivity index (χ1) is 13.5. The van der Waals surface area contributed by atoms with Crippen molar-refractivity contribution < 1.29 is 13.2 Å². The van der Waals surface area contributed by atoms with E-state index < -0.39 is 9.84 Å². The number of carbonyl (C=O) groups excluding carboxylic acids is 1. The van der Waals surface area contributed by atoms with Crippen molar-refractivity contribution in [1.82, 2.24) is 4.98 Å². The van der Waals surface area contributed by atoms with Gasteiger partial charge < -0.3 is 5.32 Å². The van der Waals surface area contributed by atoms with Crippen LogP contribution in [-0.2, 0) is 15.6 Å². The van der Waals surface area contributed by atoms with Gasteiger partial charge in [-0.25, -0.2) is 8.42 Å². The van der Waals surface area contributed by atoms with Crippen LogP contribution < -0.4 is 5.32 Å². The van der Waals surface area contributed by atoms with Crippen molar-refractivity contribution in [2.45, 2.75) is 22.5 Å². The van der Waals surface area contributed by atoms with Gasteiger partial charge in [0.25, 0.3) is 5.91 Å². The lowest BCUT2D eigenvalue weighted by molar-refractivity contribution is 0.102. The molecule has 0 spiro atoms. The van der Waals surface area contributed by atoms with Crippen molar-refractivity contribution in [3.63, 3.8) is 0 Å². The van der Waals surface area contributed by atoms with Gasteiger partial charge in [0.05, 0.1) is 10.6 Å². The summed E-state index contributed by atoms with van der Waals surface area (Å²) < 4.78 is 24.0. The number of amides is 1. The summed E-state index contributed by atoms with van der Waals surface area (Å²) in [5.41, 5.74) is 2.10. The second kappa shape index (κ2) is 9.03. The number of aromatic nitrogens is 1. The summed E-state index contributed by atoms with van der Waals surface area (Å²) in [7, 11) is -3.31. The number of sulfone groups is 1. The molecular weight excluding hydrogens is 392 g/mol. The van der Waals surface area contributed by atoms with Gasteiger partial charge in [0.1, 0.15) is 0 Å². The van der Waals surface area contributed by atoms with E-state index in [2.05, 4.69) is 10.3 Å². The van der Waals surface area contributed by atoms with Crippen LogP contribution in [0.15, 0.2) is 82.8 Å². The Kier molecular flexibility index (Phi) is 6.49. The molecule has 0 aliphatic rings. The number of nitrogens with one attached hydrogen (secondary N) is 1. The molecule has 0 saturated heterocycles. The lowest BCUT2D eigenvalue weighted by Crippen LogP contribution is -2.12. The van der Waals surface area contributed by atoms with Crippen LogP contribution in [0.5, 0.6) is 0 Å². The molecule has 28 heavy (non-hydrogen) atoms. The molecule has 144 valence electrons. The highest BCUT2D eigenvalue weighted by Crippen LogP contribution is 2.23. The van der Waals surface area contributed by atoms with Crippen molar-refractivity contribution in [2.75, 3.05) is 11.1 Å². The smallest absolute Gasteiger partial charge is 0.255 e. The molecule has 1 amide bonds. The summed E-state index contributed by atoms with van der Waals surface area (Å²) >= 11 is 1.67. The van der Waals surface area contributed by atoms with Gasteiger partial charge in [0.15, 0.2) is 9.84 Å². The van der Waals surface area contributed by atoms with Crippen LogP contribution in [0, 0.1) is 0 Å². The van der Waals surface area contributed by atoms with Gasteiger partial charge in [0, 0.05) is 34.3 Å². The predicted molar refractivity (Wildman–Crippen MR) is 112 cm³/mol. The Bertz CT molecular complexity index is 1050. The summed E-state index contributed by atoms with van der Waals surface area (Å²) in [6, 6.07) is 17.5. The van der Waals surface area contributed by atoms with Crippen LogP contribution in [0.2, 0.25) is 0 Å². The molecule has 0 unspecified atom stereocenters. The Morgan fingerprint density at radius 2 is 1.86 bits per heavy atom. The monoisotopic (exact) mass is 412 g/mol. The van der Waals surface area contributed by atoms with E-state index in [1.165, 1.54) is 12.1 Å². The highest BCUT2D eigenvalue weighted by Gasteiger charge is 2.13. The van der Waals surface area contributed by atoms with Crippen LogP contribution in [0.25, 0.3) is 0 Å². The maximum absolute atomic E-state index is 12.5. The first-order valence-corrected chi connectivity index (χ1v) is 11.4. The predicted octanol–water partition coefficient (Wildman–Crippen LogP) is 4.42. The molecule has 7 heteroatoms. The van der Waals surface area contributed by atoms with Crippen LogP contribution in [0.1, 0.15) is 22.8 Å². The minimum absolute atomic E-state index is 0.0164. The minimum Gasteiger partial charge on any atom is -0.322 e. The Morgan fingerprint density at radius 3 is 2.54 bits per heavy atom. The molecule has 2 aromatic carbocycles. The zero-order valence-electron chi connectivity index (χ0n) is 15.3. The largest absolute Gasteiger partial charge is 0.322 e. The van der Waals surface area contributed by atoms with Gasteiger partial charge in [-0.05, 0) is 54.1 Å². The van der Waals surface area contributed by atoms with Crippen LogP contribution in [0.4, 0.5) is 5.69 Å². The number of thioether (sulfide) groups is 1. The first kappa shape index (κ1) is 20.1. The number of rotatable bonds is 7. The Hall–Kier alpha value is -2.64. The first-order valence-electron chi connectivity index (χ1n) is 8.74. The van der Waals surface area contributed by atoms with Gasteiger partial charge in [-0.1, -0.05) is 19.1 Å². The van der Waals surface area contributed by atoms with Gasteiger partial charge in [-0.3, -0.25) is 9.78 Å². The summed E-state index contributed by atoms with van der Waals surface area (Å²) in [6.07, 6.45) is 3.58. The number of nitrogens with zero attached hydrogens (tertiary/aromatic N) is 1. The van der Waals surface area contributed by atoms with E-state index in [0.29, 0.717) is 11.3 Å². The van der Waals surface area contributed by atoms with E-state index in [-0.39, 0.29) is 16.6 Å². The average Bonchev–Trinajstić information content (AvgIpc) is 2.73. The molecule has 0 aliphatic heterocycles. The van der Waals surface area contributed by atoms with Gasteiger partial charge >= 0.3 is 0 Å². The minimum atomic E-state index is -3.31. The highest BCUT2D eigenvalue weighted by molar-refractivity contribution is 7.98. The molecule has 0 fully saturated rings. The third-order valence-corrected chi connectivity index (χ3v) is 6.89. The van der Waals surface area contributed by atoms with E-state index in [1.807, 2.05) is 30.5 Å². The summed E-state index contributed by atoms with van der Waals surface area (Å²) in [5.74, 6) is 0.538. The van der Waals surface area contributed by atoms with Crippen molar-refractivity contribution in [3.05, 3.63) is 84.2 Å². The molecule has 1 heterocycles. The Labute approximate surface area is 169 Å². The number of carbonyl (C=O) groups is 1. The van der Waals surface area contributed by atoms with Crippen LogP contribution in [0.3, 0.4) is 0 Å². The molecule has 1 N–H and O–H groups in total. The van der Waals surface area contributed by atoms with Crippen LogP contribution >= 0.6 is 11.8 Å². The fourth-order valence-electron chi connectivity index (χ4n) is 2.49. The third kappa shape index (κ3) is 5.21. The molecule has 0 aliphatic carbocycles. The maximum Gasteiger partial charge on any atom is 0.255 e. The molecule has 1 aromatic heterocycles. The van der Waals surface area contributed by atoms with Crippen molar-refractivity contribution in [3.8, 4) is 0 Å². The molecular formula is C21H20N2O3S2. The van der Waals surface area contributed by atoms with Crippen molar-refractivity contribution >= 4 is 33.2 Å². The van der Waals surface area contributed by atoms with Gasteiger partial charge in [0.2, 0.25) is 0 Å². The fourth-order valence-corrected chi connectivity index (χ4v) is 4.25. The van der Waals surface area contributed by atoms with Crippen LogP contribution in [-0.4, -0.2) is 25.1 Å². The number of anilines is 1. The second-order valence-electron chi connectivity index (χ2n) is 6.06. The molecule has 0 atom stereocenters. The normalized spacial score (nSPS) is 11.2. The van der Waals surface area contributed by atoms with E-state index in [1.54, 1.807) is 49.1 Å². The molecule has 0 saturated carbocycles. The average molecular weight is 413 g/mol. The van der Waals surface area contributed by atoms with E-state index >= 15 is 0 Å². The third-order valence-electron chi connectivity index (χ3n) is 4.08. The van der Waals surface area contributed by atoms with Gasteiger partial charge in [-0.15, -0.1) is 11.8 Å². The molecule has 0 bridgehead atoms. The quantitative estimate of drug-likeness (QED) is 0.581. The Balaban J connectivity index is 1.64. The lowest BCUT2D eigenvalue weighted by Gasteiger charge is -2.08. The standard InChI is InChI=1S/C21H20N2O3S2/c1-2-28(25,26)20-7-3-6-18(13-20)23-21(24)17-8-10-19(11-9-17)27-15-16-5-4-12-22-14-16/h3-14H,2,15H2,1H3,(H,23,24). The lowest BCUT2D eigenvalue weighted by atomic mass is 10.2. The topological polar surface area (TPSA) is 76.1 Å². The number of hydrogen-bond donors (Lipinski definition) is 1. The van der Waals surface area contributed by atoms with Crippen molar-refractivity contribution in [1.29, 1.82) is 0 Å². The molecule has 3 aromatic rings. The second-order valence-corrected chi connectivity index (χ2v) is 9.39. The number of pyridine rings is 1. The zero-order chi connectivity index (χ0) is 20.0. The summed E-state index contributed by atoms with van der Waals surface area (Å²) in [6.45, 7) is 1.59. The molecule has 5 nitrogen and oxygen atoms in total. The zero-order valence-corrected chi connectivity index (χ0v) is 17.0. The number of hydrogen-bond acceptors (Lipinski definition) is 5. The number of benzene rings is 2. The van der Waals surface area contributed by atoms with E-state index in [0.717, 1.165) is 16.2 Å². The van der Waals surface area contributed by atoms with E-state index in [9.17, 15) is 13.2 Å².